The Kier molecular flexibility index (Phi) is 9.13. The van der Waals surface area contributed by atoms with Crippen LogP contribution in [-0.4, -0.2) is 64.1 Å². The summed E-state index contributed by atoms with van der Waals surface area (Å²) < 4.78 is 56.8. The molecule has 0 atom stereocenters. The third-order valence-electron chi connectivity index (χ3n) is 7.19. The van der Waals surface area contributed by atoms with Gasteiger partial charge in [-0.3, -0.25) is 14.6 Å². The molecule has 1 saturated heterocycles. The van der Waals surface area contributed by atoms with E-state index in [0.29, 0.717) is 5.56 Å². The number of nitrogens with one attached hydrogen (secondary N) is 2. The van der Waals surface area contributed by atoms with Crippen molar-refractivity contribution in [3.05, 3.63) is 53.1 Å². The molecule has 4 rings (SSSR count). The first kappa shape index (κ1) is 29.2. The summed E-state index contributed by atoms with van der Waals surface area (Å²) in [5.74, 6) is 4.50. The topological polar surface area (TPSA) is 106 Å². The molecule has 8 nitrogen and oxygen atoms in total. The van der Waals surface area contributed by atoms with Crippen LogP contribution in [0.5, 0.6) is 0 Å². The van der Waals surface area contributed by atoms with E-state index in [9.17, 15) is 12.8 Å². The normalized spacial score (nSPS) is 16.5. The van der Waals surface area contributed by atoms with Gasteiger partial charge < -0.3 is 10.3 Å². The van der Waals surface area contributed by atoms with Gasteiger partial charge in [-0.25, -0.2) is 23.0 Å². The van der Waals surface area contributed by atoms with Gasteiger partial charge in [0.15, 0.2) is 11.6 Å². The molecule has 0 radical (unpaired) electrons. The Morgan fingerprint density at radius 1 is 1.15 bits per heavy atom. The maximum Gasteiger partial charge on any atom is 0.233 e. The van der Waals surface area contributed by atoms with Crippen LogP contribution in [0.2, 0.25) is 0 Å². The average molecular weight is 563 g/mol. The van der Waals surface area contributed by atoms with E-state index in [0.717, 1.165) is 66.9 Å². The Bertz CT molecular complexity index is 1290. The molecule has 0 unspecified atom stereocenters. The lowest BCUT2D eigenvalue weighted by Crippen LogP contribution is -2.47. The summed E-state index contributed by atoms with van der Waals surface area (Å²) in [6, 6.07) is 7.99. The fourth-order valence-electron chi connectivity index (χ4n) is 4.96. The lowest BCUT2D eigenvalue weighted by atomic mass is 10.0. The number of piperazine rings is 1. The van der Waals surface area contributed by atoms with E-state index in [2.05, 4.69) is 20.6 Å². The third kappa shape index (κ3) is 7.67. The molecule has 2 aromatic rings. The molecule has 2 aliphatic rings. The number of aryl methyl sites for hydroxylation is 1. The van der Waals surface area contributed by atoms with E-state index in [1.54, 1.807) is 13.8 Å². The molecule has 2 aromatic carbocycles. The minimum absolute atomic E-state index is 0.103. The summed E-state index contributed by atoms with van der Waals surface area (Å²) in [6.07, 6.45) is 3.46. The summed E-state index contributed by atoms with van der Waals surface area (Å²) in [5.41, 5.74) is 1.85. The summed E-state index contributed by atoms with van der Waals surface area (Å²) in [6.45, 7) is 10.2. The van der Waals surface area contributed by atoms with Gasteiger partial charge in [0.1, 0.15) is 5.69 Å². The van der Waals surface area contributed by atoms with E-state index in [-0.39, 0.29) is 29.6 Å². The van der Waals surface area contributed by atoms with Crippen LogP contribution in [0, 0.1) is 28.9 Å². The smallest absolute Gasteiger partial charge is 0.233 e. The van der Waals surface area contributed by atoms with Crippen LogP contribution in [0.25, 0.3) is 0 Å². The lowest BCUT2D eigenvalue weighted by molar-refractivity contribution is 0.248. The monoisotopic (exact) mass is 562 g/mol. The maximum absolute atomic E-state index is 15.3. The molecule has 214 valence electrons. The van der Waals surface area contributed by atoms with E-state index in [1.807, 2.05) is 19.1 Å². The second-order valence-corrected chi connectivity index (χ2v) is 12.9. The van der Waals surface area contributed by atoms with Crippen LogP contribution in [0.3, 0.4) is 0 Å². The highest BCUT2D eigenvalue weighted by Gasteiger charge is 2.27. The van der Waals surface area contributed by atoms with Crippen molar-refractivity contribution < 1.29 is 17.2 Å². The second kappa shape index (κ2) is 12.2. The number of nitrogens with zero attached hydrogens (tertiary/aromatic N) is 3. The number of benzene rings is 2. The summed E-state index contributed by atoms with van der Waals surface area (Å²) in [4.78, 5) is 4.85. The van der Waals surface area contributed by atoms with Gasteiger partial charge in [0.25, 0.3) is 0 Å². The third-order valence-corrected chi connectivity index (χ3v) is 8.82. The Morgan fingerprint density at radius 2 is 1.85 bits per heavy atom. The van der Waals surface area contributed by atoms with Gasteiger partial charge >= 0.3 is 0 Å². The number of nitrogens with two attached hydrogens (primary N) is 1. The number of hydrogen-bond acceptors (Lipinski definition) is 7. The molecule has 2 fully saturated rings. The maximum atomic E-state index is 15.3. The van der Waals surface area contributed by atoms with Crippen LogP contribution in [0.1, 0.15) is 44.7 Å². The summed E-state index contributed by atoms with van der Waals surface area (Å²) in [5, 5.41) is 9.54. The molecule has 4 N–H and O–H groups in total. The first-order chi connectivity index (χ1) is 18.5. The van der Waals surface area contributed by atoms with Crippen LogP contribution in [-0.2, 0) is 16.4 Å². The molecule has 1 saturated carbocycles. The van der Waals surface area contributed by atoms with Crippen LogP contribution in [0.4, 0.5) is 25.8 Å². The van der Waals surface area contributed by atoms with Gasteiger partial charge in [0.05, 0.1) is 23.7 Å². The summed E-state index contributed by atoms with van der Waals surface area (Å²) in [7, 11) is -3.83. The molecule has 0 amide bonds. The van der Waals surface area contributed by atoms with E-state index >= 15 is 4.39 Å². The van der Waals surface area contributed by atoms with Crippen molar-refractivity contribution in [1.29, 1.82) is 5.41 Å². The van der Waals surface area contributed by atoms with E-state index in [4.69, 9.17) is 11.3 Å². The molecule has 0 bridgehead atoms. The number of sulfonamides is 1. The second-order valence-electron chi connectivity index (χ2n) is 11.1. The van der Waals surface area contributed by atoms with Crippen molar-refractivity contribution in [1.82, 2.24) is 4.90 Å². The van der Waals surface area contributed by atoms with Crippen molar-refractivity contribution >= 4 is 32.8 Å². The predicted molar refractivity (Wildman–Crippen MR) is 154 cm³/mol. The summed E-state index contributed by atoms with van der Waals surface area (Å²) >= 11 is 0. The fraction of sp³-hybridized carbons (Fsp3) is 0.536. The minimum atomic E-state index is -3.83. The Morgan fingerprint density at radius 3 is 2.46 bits per heavy atom. The largest absolute Gasteiger partial charge is 0.369 e. The average Bonchev–Trinajstić information content (AvgIpc) is 3.69. The predicted octanol–water partition coefficient (Wildman–Crippen LogP) is 4.21. The van der Waals surface area contributed by atoms with Crippen molar-refractivity contribution in [2.24, 2.45) is 17.7 Å². The highest BCUT2D eigenvalue weighted by atomic mass is 32.2. The van der Waals surface area contributed by atoms with Gasteiger partial charge in [0, 0.05) is 38.4 Å². The van der Waals surface area contributed by atoms with Gasteiger partial charge in [-0.2, -0.15) is 0 Å². The van der Waals surface area contributed by atoms with E-state index < -0.39 is 27.3 Å². The Labute approximate surface area is 230 Å². The zero-order valence-corrected chi connectivity index (χ0v) is 23.8. The standard InChI is InChI=1S/C28H40F2N6O2S/c1-4-20-13-22(15-23(14-20)35-11-9-34(10-12-35)16-21-5-6-21)25(31)17-36(32)28-24(29)7-8-26(27(28)30)33-39(37,38)18-19(2)3/h7-8,13-15,19,21,31,33H,4-6,9-12,16-18,32H2,1-3H3. The number of halogens is 2. The molecule has 11 heteroatoms. The molecule has 1 aliphatic heterocycles. The zero-order chi connectivity index (χ0) is 28.3. The molecule has 0 aromatic heterocycles. The van der Waals surface area contributed by atoms with Crippen molar-refractivity contribution in [3.8, 4) is 0 Å². The minimum Gasteiger partial charge on any atom is -0.369 e. The number of anilines is 3. The fourth-order valence-corrected chi connectivity index (χ4v) is 6.41. The Balaban J connectivity index is 1.49. The SMILES string of the molecule is CCc1cc(C(=N)CN(N)c2c(F)ccc(NS(=O)(=O)CC(C)C)c2F)cc(N2CCN(CC3CC3)CC2)c1. The first-order valence-corrected chi connectivity index (χ1v) is 15.3. The Hall–Kier alpha value is -2.76. The lowest BCUT2D eigenvalue weighted by Gasteiger charge is -2.36. The van der Waals surface area contributed by atoms with Crippen LogP contribution >= 0.6 is 0 Å². The van der Waals surface area contributed by atoms with Crippen LogP contribution < -0.4 is 20.5 Å². The quantitative estimate of drug-likeness (QED) is 0.203. The first-order valence-electron chi connectivity index (χ1n) is 13.7. The number of hydrogen-bond donors (Lipinski definition) is 3. The van der Waals surface area contributed by atoms with Gasteiger partial charge in [0.2, 0.25) is 10.0 Å². The van der Waals surface area contributed by atoms with Crippen LogP contribution in [0.15, 0.2) is 30.3 Å². The number of hydrazine groups is 1. The molecule has 39 heavy (non-hydrogen) atoms. The molecule has 1 heterocycles. The van der Waals surface area contributed by atoms with Crippen molar-refractivity contribution in [2.75, 3.05) is 59.7 Å². The van der Waals surface area contributed by atoms with Crippen molar-refractivity contribution in [2.45, 2.75) is 40.0 Å². The zero-order valence-electron chi connectivity index (χ0n) is 23.0. The molecular weight excluding hydrogens is 522 g/mol. The van der Waals surface area contributed by atoms with Gasteiger partial charge in [-0.15, -0.1) is 0 Å². The van der Waals surface area contributed by atoms with Crippen molar-refractivity contribution in [3.63, 3.8) is 0 Å². The van der Waals surface area contributed by atoms with Gasteiger partial charge in [-0.1, -0.05) is 20.8 Å². The molecule has 1 aliphatic carbocycles. The highest BCUT2D eigenvalue weighted by Crippen LogP contribution is 2.31. The number of rotatable bonds is 12. The molecule has 0 spiro atoms. The highest BCUT2D eigenvalue weighted by molar-refractivity contribution is 7.92. The molecular formula is C28H40F2N6O2S. The van der Waals surface area contributed by atoms with Gasteiger partial charge in [-0.05, 0) is 72.6 Å². The van der Waals surface area contributed by atoms with E-state index in [1.165, 1.54) is 19.4 Å².